The molecule has 0 aliphatic rings. The lowest BCUT2D eigenvalue weighted by molar-refractivity contribution is -0.131. The Morgan fingerprint density at radius 1 is 0.615 bits per heavy atom. The van der Waals surface area contributed by atoms with Gasteiger partial charge in [-0.15, -0.1) is 0 Å². The van der Waals surface area contributed by atoms with Gasteiger partial charge in [0, 0.05) is 6.08 Å². The fourth-order valence-electron chi connectivity index (χ4n) is 3.30. The van der Waals surface area contributed by atoms with E-state index < -0.39 is 5.97 Å². The van der Waals surface area contributed by atoms with Gasteiger partial charge in [-0.2, -0.15) is 0 Å². The summed E-state index contributed by atoms with van der Waals surface area (Å²) >= 11 is 0. The minimum Gasteiger partial charge on any atom is -0.478 e. The van der Waals surface area contributed by atoms with Crippen molar-refractivity contribution < 1.29 is 9.90 Å². The van der Waals surface area contributed by atoms with E-state index >= 15 is 0 Å². The first kappa shape index (κ1) is 24.9. The van der Waals surface area contributed by atoms with Crippen LogP contribution in [-0.2, 0) is 4.79 Å². The smallest absolute Gasteiger partial charge is 0.328 e. The Morgan fingerprint density at radius 2 is 1.00 bits per heavy atom. The zero-order chi connectivity index (χ0) is 19.1. The summed E-state index contributed by atoms with van der Waals surface area (Å²) < 4.78 is 0. The SMILES string of the molecule is CCCCCCCCCCCCCCCCCCC/C=C\C=C\C(=O)O. The highest BCUT2D eigenvalue weighted by Crippen LogP contribution is 2.14. The maximum atomic E-state index is 10.3. The number of unbranched alkanes of at least 4 members (excludes halogenated alkanes) is 17. The van der Waals surface area contributed by atoms with Gasteiger partial charge < -0.3 is 5.11 Å². The molecule has 26 heavy (non-hydrogen) atoms. The molecule has 0 aromatic rings. The Balaban J connectivity index is 3.08. The summed E-state index contributed by atoms with van der Waals surface area (Å²) in [4.78, 5) is 10.3. The molecule has 0 rings (SSSR count). The Morgan fingerprint density at radius 3 is 1.38 bits per heavy atom. The first-order valence-electron chi connectivity index (χ1n) is 11.3. The van der Waals surface area contributed by atoms with Gasteiger partial charge in [-0.3, -0.25) is 0 Å². The number of hydrogen-bond acceptors (Lipinski definition) is 1. The lowest BCUT2D eigenvalue weighted by atomic mass is 10.0. The molecule has 0 amide bonds. The van der Waals surface area contributed by atoms with Crippen LogP contribution in [0.25, 0.3) is 0 Å². The number of aliphatic carboxylic acids is 1. The minimum atomic E-state index is -0.882. The molecule has 0 radical (unpaired) electrons. The molecule has 152 valence electrons. The van der Waals surface area contributed by atoms with Crippen LogP contribution in [0, 0.1) is 0 Å². The first-order chi connectivity index (χ1) is 12.8. The van der Waals surface area contributed by atoms with E-state index in [-0.39, 0.29) is 0 Å². The number of carbonyl (C=O) groups is 1. The van der Waals surface area contributed by atoms with Crippen molar-refractivity contribution in [2.24, 2.45) is 0 Å². The second kappa shape index (κ2) is 22.0. The van der Waals surface area contributed by atoms with Crippen molar-refractivity contribution in [1.82, 2.24) is 0 Å². The van der Waals surface area contributed by atoms with E-state index in [4.69, 9.17) is 5.11 Å². The van der Waals surface area contributed by atoms with Crippen LogP contribution in [0.3, 0.4) is 0 Å². The van der Waals surface area contributed by atoms with Gasteiger partial charge >= 0.3 is 5.97 Å². The van der Waals surface area contributed by atoms with E-state index in [1.165, 1.54) is 115 Å². The van der Waals surface area contributed by atoms with Crippen molar-refractivity contribution in [2.75, 3.05) is 0 Å². The van der Waals surface area contributed by atoms with E-state index in [1.807, 2.05) is 6.08 Å². The van der Waals surface area contributed by atoms with Crippen molar-refractivity contribution in [3.05, 3.63) is 24.3 Å². The summed E-state index contributed by atoms with van der Waals surface area (Å²) in [5.41, 5.74) is 0. The monoisotopic (exact) mass is 364 g/mol. The van der Waals surface area contributed by atoms with Gasteiger partial charge in [0.15, 0.2) is 0 Å². The highest BCUT2D eigenvalue weighted by atomic mass is 16.4. The lowest BCUT2D eigenvalue weighted by Crippen LogP contribution is -1.84. The number of carboxylic acid groups (broad SMARTS) is 1. The van der Waals surface area contributed by atoms with Gasteiger partial charge in [0.25, 0.3) is 0 Å². The van der Waals surface area contributed by atoms with Gasteiger partial charge in [-0.05, 0) is 12.8 Å². The lowest BCUT2D eigenvalue weighted by Gasteiger charge is -2.03. The summed E-state index contributed by atoms with van der Waals surface area (Å²) in [6, 6.07) is 0. The molecule has 0 heterocycles. The van der Waals surface area contributed by atoms with Gasteiger partial charge in [0.1, 0.15) is 0 Å². The van der Waals surface area contributed by atoms with E-state index in [1.54, 1.807) is 6.08 Å². The maximum absolute atomic E-state index is 10.3. The van der Waals surface area contributed by atoms with Crippen LogP contribution in [-0.4, -0.2) is 11.1 Å². The first-order valence-corrected chi connectivity index (χ1v) is 11.3. The molecule has 0 spiro atoms. The Kier molecular flexibility index (Phi) is 21.1. The van der Waals surface area contributed by atoms with E-state index in [0.717, 1.165) is 6.42 Å². The third kappa shape index (κ3) is 22.9. The van der Waals surface area contributed by atoms with Crippen LogP contribution < -0.4 is 0 Å². The molecule has 2 nitrogen and oxygen atoms in total. The number of allylic oxidation sites excluding steroid dienone is 3. The molecule has 0 unspecified atom stereocenters. The molecule has 0 aliphatic carbocycles. The van der Waals surface area contributed by atoms with Crippen LogP contribution in [0.4, 0.5) is 0 Å². The number of rotatable bonds is 20. The second-order valence-electron chi connectivity index (χ2n) is 7.57. The molecule has 1 N–H and O–H groups in total. The normalized spacial score (nSPS) is 11.7. The zero-order valence-corrected chi connectivity index (χ0v) is 17.4. The van der Waals surface area contributed by atoms with E-state index in [0.29, 0.717) is 0 Å². The Hall–Kier alpha value is -1.05. The second-order valence-corrected chi connectivity index (χ2v) is 7.57. The molecule has 0 aromatic carbocycles. The largest absolute Gasteiger partial charge is 0.478 e. The molecule has 0 fully saturated rings. The molecule has 0 saturated carbocycles. The zero-order valence-electron chi connectivity index (χ0n) is 17.4. The van der Waals surface area contributed by atoms with Gasteiger partial charge in [0.2, 0.25) is 0 Å². The quantitative estimate of drug-likeness (QED) is 0.134. The third-order valence-corrected chi connectivity index (χ3v) is 4.96. The topological polar surface area (TPSA) is 37.3 Å². The highest BCUT2D eigenvalue weighted by Gasteiger charge is 1.94. The summed E-state index contributed by atoms with van der Waals surface area (Å²) in [6.07, 6.45) is 31.5. The minimum absolute atomic E-state index is 0.882. The molecule has 0 atom stereocenters. The maximum Gasteiger partial charge on any atom is 0.328 e. The van der Waals surface area contributed by atoms with E-state index in [2.05, 4.69) is 13.0 Å². The van der Waals surface area contributed by atoms with E-state index in [9.17, 15) is 4.79 Å². The fraction of sp³-hybridized carbons (Fsp3) is 0.792. The van der Waals surface area contributed by atoms with Crippen molar-refractivity contribution in [3.8, 4) is 0 Å². The molecular weight excluding hydrogens is 320 g/mol. The van der Waals surface area contributed by atoms with Crippen LogP contribution in [0.15, 0.2) is 24.3 Å². The standard InChI is InChI=1S/C24H44O2/c1-2-3-4-5-6-7-8-9-10-11-12-13-14-15-16-17-18-19-20-21-22-23-24(25)26/h20-23H,2-19H2,1H3,(H,25,26)/b21-20-,23-22+. The fourth-order valence-corrected chi connectivity index (χ4v) is 3.30. The summed E-state index contributed by atoms with van der Waals surface area (Å²) in [6.45, 7) is 2.28. The average Bonchev–Trinajstić information content (AvgIpc) is 2.62. The molecule has 0 aliphatic heterocycles. The van der Waals surface area contributed by atoms with Gasteiger partial charge in [0.05, 0.1) is 0 Å². The molecule has 2 heteroatoms. The van der Waals surface area contributed by atoms with Crippen molar-refractivity contribution in [3.63, 3.8) is 0 Å². The summed E-state index contributed by atoms with van der Waals surface area (Å²) in [5.74, 6) is -0.882. The predicted octanol–water partition coefficient (Wildman–Crippen LogP) is 8.23. The predicted molar refractivity (Wildman–Crippen MR) is 115 cm³/mol. The average molecular weight is 365 g/mol. The van der Waals surface area contributed by atoms with Crippen LogP contribution in [0.2, 0.25) is 0 Å². The number of carboxylic acids is 1. The highest BCUT2D eigenvalue weighted by molar-refractivity contribution is 5.80. The summed E-state index contributed by atoms with van der Waals surface area (Å²) in [7, 11) is 0. The van der Waals surface area contributed by atoms with Crippen molar-refractivity contribution in [2.45, 2.75) is 122 Å². The number of hydrogen-bond donors (Lipinski definition) is 1. The van der Waals surface area contributed by atoms with Crippen molar-refractivity contribution >= 4 is 5.97 Å². The summed E-state index contributed by atoms with van der Waals surface area (Å²) in [5, 5.41) is 8.45. The molecule has 0 bridgehead atoms. The molecule has 0 aromatic heterocycles. The molecule has 0 saturated heterocycles. The van der Waals surface area contributed by atoms with Crippen LogP contribution in [0.5, 0.6) is 0 Å². The van der Waals surface area contributed by atoms with Crippen molar-refractivity contribution in [1.29, 1.82) is 0 Å². The third-order valence-electron chi connectivity index (χ3n) is 4.96. The molecular formula is C24H44O2. The Labute approximate surface area is 163 Å². The van der Waals surface area contributed by atoms with Crippen LogP contribution >= 0.6 is 0 Å². The van der Waals surface area contributed by atoms with Gasteiger partial charge in [-0.25, -0.2) is 4.79 Å². The Bertz CT molecular complexity index is 344. The van der Waals surface area contributed by atoms with Crippen LogP contribution in [0.1, 0.15) is 122 Å². The van der Waals surface area contributed by atoms with Gasteiger partial charge in [-0.1, -0.05) is 128 Å².